The molecule has 1 aliphatic heterocycles. The number of carbonyl (C=O) groups excluding carboxylic acids is 1. The second-order valence-electron chi connectivity index (χ2n) is 6.05. The maximum absolute atomic E-state index is 12.8. The molecule has 1 aliphatic carbocycles. The predicted molar refractivity (Wildman–Crippen MR) is 70.2 cm³/mol. The normalized spacial score (nSPS) is 31.9. The van der Waals surface area contributed by atoms with Crippen LogP contribution >= 0.6 is 0 Å². The molecule has 0 radical (unpaired) electrons. The van der Waals surface area contributed by atoms with E-state index in [1.807, 2.05) is 0 Å². The van der Waals surface area contributed by atoms with Crippen molar-refractivity contribution in [2.45, 2.75) is 50.7 Å². The molecule has 2 rings (SSSR count). The van der Waals surface area contributed by atoms with Crippen LogP contribution in [0, 0.1) is 11.8 Å². The van der Waals surface area contributed by atoms with Crippen molar-refractivity contribution < 1.29 is 18.0 Å². The Balaban J connectivity index is 1.94. The van der Waals surface area contributed by atoms with Gasteiger partial charge in [-0.2, -0.15) is 13.2 Å². The second kappa shape index (κ2) is 6.33. The lowest BCUT2D eigenvalue weighted by molar-refractivity contribution is -0.187. The van der Waals surface area contributed by atoms with Crippen LogP contribution in [0.15, 0.2) is 0 Å². The molecule has 1 saturated heterocycles. The van der Waals surface area contributed by atoms with Gasteiger partial charge in [0.05, 0.1) is 5.92 Å². The zero-order valence-electron chi connectivity index (χ0n) is 11.9. The molecule has 0 aromatic rings. The number of rotatable bonds is 2. The first-order valence-electron chi connectivity index (χ1n) is 7.43. The lowest BCUT2D eigenvalue weighted by atomic mass is 9.80. The van der Waals surface area contributed by atoms with Gasteiger partial charge in [-0.1, -0.05) is 6.42 Å². The van der Waals surface area contributed by atoms with Crippen molar-refractivity contribution in [1.29, 1.82) is 0 Å². The van der Waals surface area contributed by atoms with Crippen LogP contribution in [-0.2, 0) is 4.79 Å². The highest BCUT2D eigenvalue weighted by molar-refractivity contribution is 5.79. The third kappa shape index (κ3) is 3.65. The van der Waals surface area contributed by atoms with Crippen LogP contribution < -0.4 is 5.32 Å². The molecule has 3 atom stereocenters. The van der Waals surface area contributed by atoms with Crippen molar-refractivity contribution in [3.63, 3.8) is 0 Å². The first-order valence-corrected chi connectivity index (χ1v) is 7.43. The van der Waals surface area contributed by atoms with Gasteiger partial charge < -0.3 is 10.2 Å². The maximum Gasteiger partial charge on any atom is 0.391 e. The third-order valence-corrected chi connectivity index (χ3v) is 4.65. The minimum atomic E-state index is -4.16. The maximum atomic E-state index is 12.8. The monoisotopic (exact) mass is 292 g/mol. The summed E-state index contributed by atoms with van der Waals surface area (Å²) in [6.07, 6.45) is -0.991. The van der Waals surface area contributed by atoms with Gasteiger partial charge in [-0.15, -0.1) is 0 Å². The Morgan fingerprint density at radius 3 is 2.55 bits per heavy atom. The Labute approximate surface area is 117 Å². The van der Waals surface area contributed by atoms with Crippen molar-refractivity contribution in [3.8, 4) is 0 Å². The number of alkyl halides is 3. The zero-order chi connectivity index (χ0) is 14.8. The van der Waals surface area contributed by atoms with E-state index in [2.05, 4.69) is 5.32 Å². The second-order valence-corrected chi connectivity index (χ2v) is 6.05. The van der Waals surface area contributed by atoms with E-state index in [9.17, 15) is 18.0 Å². The van der Waals surface area contributed by atoms with Crippen molar-refractivity contribution >= 4 is 5.91 Å². The summed E-state index contributed by atoms with van der Waals surface area (Å²) in [6, 6.07) is 0.127. The van der Waals surface area contributed by atoms with Gasteiger partial charge >= 0.3 is 6.18 Å². The number of carbonyl (C=O) groups is 1. The highest BCUT2D eigenvalue weighted by Crippen LogP contribution is 2.40. The largest absolute Gasteiger partial charge is 0.391 e. The summed E-state index contributed by atoms with van der Waals surface area (Å²) in [7, 11) is 1.73. The van der Waals surface area contributed by atoms with E-state index in [0.717, 1.165) is 25.9 Å². The number of likely N-dealkylation sites (N-methyl/N-ethyl adjacent to an activating group) is 1. The molecule has 0 aromatic heterocycles. The van der Waals surface area contributed by atoms with E-state index in [1.165, 1.54) is 0 Å². The highest BCUT2D eigenvalue weighted by Gasteiger charge is 2.44. The Hall–Kier alpha value is -0.780. The molecular formula is C14H23F3N2O. The first-order chi connectivity index (χ1) is 9.39. The summed E-state index contributed by atoms with van der Waals surface area (Å²) in [6.45, 7) is 1.70. The predicted octanol–water partition coefficient (Wildman–Crippen LogP) is 2.57. The molecule has 0 spiro atoms. The molecule has 1 saturated carbocycles. The fourth-order valence-electron chi connectivity index (χ4n) is 3.34. The van der Waals surface area contributed by atoms with Crippen LogP contribution in [0.5, 0.6) is 0 Å². The van der Waals surface area contributed by atoms with Crippen LogP contribution in [0.3, 0.4) is 0 Å². The summed E-state index contributed by atoms with van der Waals surface area (Å²) in [5, 5.41) is 3.23. The Kier molecular flexibility index (Phi) is 4.94. The molecule has 3 nitrogen and oxygen atoms in total. The van der Waals surface area contributed by atoms with Crippen molar-refractivity contribution in [1.82, 2.24) is 10.2 Å². The van der Waals surface area contributed by atoms with E-state index >= 15 is 0 Å². The molecule has 20 heavy (non-hydrogen) atoms. The standard InChI is InChI=1S/C14H23F3N2O/c1-19(12-6-3-7-18-9-12)13(20)10-4-2-5-11(8-10)14(15,16)17/h10-12,18H,2-9H2,1H3. The van der Waals surface area contributed by atoms with Crippen molar-refractivity contribution in [3.05, 3.63) is 0 Å². The lowest BCUT2D eigenvalue weighted by Crippen LogP contribution is -2.49. The number of amides is 1. The SMILES string of the molecule is CN(C(=O)C1CCCC(C(F)(F)F)C1)C1CCCNC1. The van der Waals surface area contributed by atoms with E-state index < -0.39 is 18.0 Å². The van der Waals surface area contributed by atoms with Gasteiger partial charge in [-0.05, 0) is 38.6 Å². The molecule has 1 heterocycles. The van der Waals surface area contributed by atoms with Crippen LogP contribution in [0.4, 0.5) is 13.2 Å². The van der Waals surface area contributed by atoms with E-state index in [4.69, 9.17) is 0 Å². The van der Waals surface area contributed by atoms with Crippen LogP contribution in [0.25, 0.3) is 0 Å². The fraction of sp³-hybridized carbons (Fsp3) is 0.929. The topological polar surface area (TPSA) is 32.3 Å². The number of nitrogens with zero attached hydrogens (tertiary/aromatic N) is 1. The molecule has 1 N–H and O–H groups in total. The number of hydrogen-bond donors (Lipinski definition) is 1. The molecule has 116 valence electrons. The average molecular weight is 292 g/mol. The van der Waals surface area contributed by atoms with Gasteiger partial charge in [0.2, 0.25) is 5.91 Å². The summed E-state index contributed by atoms with van der Waals surface area (Å²) >= 11 is 0. The van der Waals surface area contributed by atoms with Gasteiger partial charge in [0, 0.05) is 25.6 Å². The molecule has 1 amide bonds. The third-order valence-electron chi connectivity index (χ3n) is 4.65. The van der Waals surface area contributed by atoms with Crippen molar-refractivity contribution in [2.75, 3.05) is 20.1 Å². The van der Waals surface area contributed by atoms with Crippen LogP contribution in [0.1, 0.15) is 38.5 Å². The van der Waals surface area contributed by atoms with Gasteiger partial charge in [0.25, 0.3) is 0 Å². The van der Waals surface area contributed by atoms with E-state index in [0.29, 0.717) is 12.8 Å². The molecule has 2 aliphatic rings. The van der Waals surface area contributed by atoms with Gasteiger partial charge in [0.15, 0.2) is 0 Å². The number of halogens is 3. The van der Waals surface area contributed by atoms with Gasteiger partial charge in [0.1, 0.15) is 0 Å². The van der Waals surface area contributed by atoms with Crippen LogP contribution in [-0.4, -0.2) is 43.2 Å². The quantitative estimate of drug-likeness (QED) is 0.848. The highest BCUT2D eigenvalue weighted by atomic mass is 19.4. The minimum absolute atomic E-state index is 0.0349. The van der Waals surface area contributed by atoms with Crippen LogP contribution in [0.2, 0.25) is 0 Å². The minimum Gasteiger partial charge on any atom is -0.341 e. The van der Waals surface area contributed by atoms with Gasteiger partial charge in [-0.3, -0.25) is 4.79 Å². The molecule has 6 heteroatoms. The van der Waals surface area contributed by atoms with Crippen molar-refractivity contribution in [2.24, 2.45) is 11.8 Å². The average Bonchev–Trinajstić information content (AvgIpc) is 2.46. The molecular weight excluding hydrogens is 269 g/mol. The Bertz CT molecular complexity index is 340. The van der Waals surface area contributed by atoms with E-state index in [1.54, 1.807) is 11.9 Å². The smallest absolute Gasteiger partial charge is 0.341 e. The molecule has 2 fully saturated rings. The first kappa shape index (κ1) is 15.6. The van der Waals surface area contributed by atoms with Gasteiger partial charge in [-0.25, -0.2) is 0 Å². The molecule has 3 unspecified atom stereocenters. The Morgan fingerprint density at radius 2 is 1.95 bits per heavy atom. The zero-order valence-corrected chi connectivity index (χ0v) is 11.9. The number of nitrogens with one attached hydrogen (secondary N) is 1. The number of piperidine rings is 1. The van der Waals surface area contributed by atoms with E-state index in [-0.39, 0.29) is 24.8 Å². The summed E-state index contributed by atoms with van der Waals surface area (Å²) in [5.74, 6) is -1.86. The Morgan fingerprint density at radius 1 is 1.20 bits per heavy atom. The summed E-state index contributed by atoms with van der Waals surface area (Å²) < 4.78 is 38.4. The molecule has 0 aromatic carbocycles. The lowest BCUT2D eigenvalue weighted by Gasteiger charge is -2.36. The fourth-order valence-corrected chi connectivity index (χ4v) is 3.34. The summed E-state index contributed by atoms with van der Waals surface area (Å²) in [4.78, 5) is 14.1. The molecule has 0 bridgehead atoms. The number of hydrogen-bond acceptors (Lipinski definition) is 2. The summed E-state index contributed by atoms with van der Waals surface area (Å²) in [5.41, 5.74) is 0.